The predicted octanol–water partition coefficient (Wildman–Crippen LogP) is 0.949. The number of amides is 2. The van der Waals surface area contributed by atoms with Crippen molar-refractivity contribution in [1.82, 2.24) is 25.7 Å². The second kappa shape index (κ2) is 13.3. The van der Waals surface area contributed by atoms with Crippen LogP contribution in [-0.4, -0.2) is 76.9 Å². The maximum absolute atomic E-state index is 12.9. The van der Waals surface area contributed by atoms with Crippen LogP contribution >= 0.6 is 11.3 Å². The molecule has 2 atom stereocenters. The Balaban J connectivity index is 0.00000107. The van der Waals surface area contributed by atoms with Gasteiger partial charge in [-0.1, -0.05) is 18.3 Å². The number of hydrogen-bond acceptors (Lipinski definition) is 8. The van der Waals surface area contributed by atoms with Crippen molar-refractivity contribution in [3.63, 3.8) is 0 Å². The summed E-state index contributed by atoms with van der Waals surface area (Å²) in [7, 11) is 0. The van der Waals surface area contributed by atoms with Crippen molar-refractivity contribution in [3.05, 3.63) is 10.0 Å². The molecule has 3 rings (SSSR count). The van der Waals surface area contributed by atoms with E-state index in [1.54, 1.807) is 0 Å². The Labute approximate surface area is 186 Å². The van der Waals surface area contributed by atoms with E-state index in [-0.39, 0.29) is 30.2 Å². The Kier molecular flexibility index (Phi) is 10.8. The summed E-state index contributed by atoms with van der Waals surface area (Å²) < 4.78 is 5.51. The Morgan fingerprint density at radius 1 is 1.23 bits per heavy atom. The van der Waals surface area contributed by atoms with Gasteiger partial charge in [0.1, 0.15) is 10.0 Å². The summed E-state index contributed by atoms with van der Waals surface area (Å²) >= 11 is 1.50. The minimum atomic E-state index is -0.250. The van der Waals surface area contributed by atoms with Gasteiger partial charge in [0.05, 0.1) is 12.5 Å². The SMILES string of the molecule is CCC(=O)N[C@H]1CC[C@@H](C(=O)NCc2nnc(C)s2)CN(C2CCOCC2)C1.O=CO. The van der Waals surface area contributed by atoms with Gasteiger partial charge in [-0.3, -0.25) is 19.3 Å². The van der Waals surface area contributed by atoms with Crippen LogP contribution < -0.4 is 10.6 Å². The number of carbonyl (C=O) groups excluding carboxylic acids is 2. The van der Waals surface area contributed by atoms with E-state index in [1.165, 1.54) is 11.3 Å². The Bertz CT molecular complexity index is 710. The van der Waals surface area contributed by atoms with E-state index in [4.69, 9.17) is 14.6 Å². The average molecular weight is 456 g/mol. The van der Waals surface area contributed by atoms with E-state index in [9.17, 15) is 9.59 Å². The van der Waals surface area contributed by atoms with E-state index < -0.39 is 0 Å². The van der Waals surface area contributed by atoms with E-state index in [0.29, 0.717) is 19.0 Å². The summed E-state index contributed by atoms with van der Waals surface area (Å²) in [6.45, 7) is 7.01. The maximum Gasteiger partial charge on any atom is 0.290 e. The van der Waals surface area contributed by atoms with Crippen molar-refractivity contribution in [2.24, 2.45) is 5.92 Å². The van der Waals surface area contributed by atoms with Gasteiger partial charge in [-0.25, -0.2) is 0 Å². The highest BCUT2D eigenvalue weighted by molar-refractivity contribution is 7.11. The quantitative estimate of drug-likeness (QED) is 0.540. The van der Waals surface area contributed by atoms with Crippen molar-refractivity contribution < 1.29 is 24.2 Å². The molecule has 3 heterocycles. The molecule has 0 saturated carbocycles. The molecule has 2 aliphatic heterocycles. The van der Waals surface area contributed by atoms with E-state index >= 15 is 0 Å². The molecule has 1 aromatic heterocycles. The average Bonchev–Trinajstić information content (AvgIpc) is 3.07. The molecule has 2 amide bonds. The number of likely N-dealkylation sites (tertiary alicyclic amines) is 1. The molecule has 0 spiro atoms. The lowest BCUT2D eigenvalue weighted by molar-refractivity contribution is -0.126. The third-order valence-corrected chi connectivity index (χ3v) is 6.36. The molecule has 1 aromatic rings. The highest BCUT2D eigenvalue weighted by atomic mass is 32.1. The van der Waals surface area contributed by atoms with Crippen molar-refractivity contribution in [2.75, 3.05) is 26.3 Å². The fourth-order valence-corrected chi connectivity index (χ4v) is 4.60. The summed E-state index contributed by atoms with van der Waals surface area (Å²) in [5.41, 5.74) is 0. The minimum absolute atomic E-state index is 0.0624. The highest BCUT2D eigenvalue weighted by Crippen LogP contribution is 2.23. The van der Waals surface area contributed by atoms with Gasteiger partial charge < -0.3 is 20.5 Å². The van der Waals surface area contributed by atoms with Crippen molar-refractivity contribution in [3.8, 4) is 0 Å². The van der Waals surface area contributed by atoms with E-state index in [2.05, 4.69) is 25.7 Å². The summed E-state index contributed by atoms with van der Waals surface area (Å²) in [4.78, 5) is 35.5. The van der Waals surface area contributed by atoms with Crippen LogP contribution in [0.3, 0.4) is 0 Å². The first-order valence-electron chi connectivity index (χ1n) is 10.7. The zero-order valence-corrected chi connectivity index (χ0v) is 19.0. The van der Waals surface area contributed by atoms with Gasteiger partial charge in [-0.05, 0) is 32.6 Å². The van der Waals surface area contributed by atoms with Crippen LogP contribution in [0.4, 0.5) is 0 Å². The van der Waals surface area contributed by atoms with Gasteiger partial charge >= 0.3 is 0 Å². The first-order chi connectivity index (χ1) is 15.0. The van der Waals surface area contributed by atoms with Crippen LogP contribution in [0.5, 0.6) is 0 Å². The fourth-order valence-electron chi connectivity index (χ4n) is 3.95. The van der Waals surface area contributed by atoms with Gasteiger partial charge in [0.25, 0.3) is 6.47 Å². The minimum Gasteiger partial charge on any atom is -0.483 e. The lowest BCUT2D eigenvalue weighted by Crippen LogP contribution is -2.49. The van der Waals surface area contributed by atoms with Gasteiger partial charge in [-0.15, -0.1) is 10.2 Å². The molecule has 3 N–H and O–H groups in total. The number of nitrogens with one attached hydrogen (secondary N) is 2. The number of carboxylic acid groups (broad SMARTS) is 1. The Hall–Kier alpha value is -2.11. The third-order valence-electron chi connectivity index (χ3n) is 5.52. The number of carbonyl (C=O) groups is 3. The third kappa shape index (κ3) is 8.50. The van der Waals surface area contributed by atoms with Crippen LogP contribution in [0, 0.1) is 12.8 Å². The number of rotatable bonds is 6. The predicted molar refractivity (Wildman–Crippen MR) is 116 cm³/mol. The lowest BCUT2D eigenvalue weighted by atomic mass is 10.00. The standard InChI is InChI=1S/C19H31N5O3S.CH2O2/c1-3-17(25)21-15-5-4-14(11-24(12-15)16-6-8-27-9-7-16)19(26)20-10-18-23-22-13(2)28-18;2-1-3/h14-16H,3-12H2,1-2H3,(H,20,26)(H,21,25);1H,(H,2,3)/t14-,15+;/m1./s1. The summed E-state index contributed by atoms with van der Waals surface area (Å²) in [5.74, 6) is 0.0549. The number of aryl methyl sites for hydroxylation is 1. The fraction of sp³-hybridized carbons (Fsp3) is 0.750. The molecule has 174 valence electrons. The van der Waals surface area contributed by atoms with Crippen molar-refractivity contribution >= 4 is 29.6 Å². The molecule has 2 aliphatic rings. The molecule has 0 radical (unpaired) electrons. The lowest BCUT2D eigenvalue weighted by Gasteiger charge is -2.36. The largest absolute Gasteiger partial charge is 0.483 e. The van der Waals surface area contributed by atoms with Gasteiger partial charge in [-0.2, -0.15) is 0 Å². The molecule has 11 heteroatoms. The monoisotopic (exact) mass is 455 g/mol. The van der Waals surface area contributed by atoms with Crippen LogP contribution in [0.15, 0.2) is 0 Å². The molecule has 31 heavy (non-hydrogen) atoms. The molecule has 0 bridgehead atoms. The van der Waals surface area contributed by atoms with Crippen LogP contribution in [0.25, 0.3) is 0 Å². The van der Waals surface area contributed by atoms with Crippen LogP contribution in [0.2, 0.25) is 0 Å². The molecule has 2 fully saturated rings. The zero-order valence-electron chi connectivity index (χ0n) is 18.2. The number of hydrogen-bond donors (Lipinski definition) is 3. The van der Waals surface area contributed by atoms with Gasteiger partial charge in [0.15, 0.2) is 0 Å². The van der Waals surface area contributed by atoms with E-state index in [1.807, 2.05) is 13.8 Å². The molecular weight excluding hydrogens is 422 g/mol. The smallest absolute Gasteiger partial charge is 0.290 e. The van der Waals surface area contributed by atoms with Crippen LogP contribution in [-0.2, 0) is 25.7 Å². The highest BCUT2D eigenvalue weighted by Gasteiger charge is 2.33. The summed E-state index contributed by atoms with van der Waals surface area (Å²) in [6.07, 6.45) is 4.04. The van der Waals surface area contributed by atoms with Crippen molar-refractivity contribution in [2.45, 2.75) is 64.6 Å². The Morgan fingerprint density at radius 2 is 1.94 bits per heavy atom. The summed E-state index contributed by atoms with van der Waals surface area (Å²) in [5, 5.41) is 22.9. The summed E-state index contributed by atoms with van der Waals surface area (Å²) in [6, 6.07) is 0.507. The molecule has 0 aliphatic carbocycles. The molecular formula is C20H33N5O5S. The molecule has 0 aromatic carbocycles. The number of ether oxygens (including phenoxy) is 1. The molecule has 2 saturated heterocycles. The molecule has 0 unspecified atom stereocenters. The second-order valence-electron chi connectivity index (χ2n) is 7.73. The van der Waals surface area contributed by atoms with Crippen LogP contribution in [0.1, 0.15) is 49.0 Å². The first kappa shape index (κ1) is 25.2. The second-order valence-corrected chi connectivity index (χ2v) is 8.99. The van der Waals surface area contributed by atoms with E-state index in [0.717, 1.165) is 62.0 Å². The normalized spacial score (nSPS) is 22.5. The van der Waals surface area contributed by atoms with Crippen molar-refractivity contribution in [1.29, 1.82) is 0 Å². The van der Waals surface area contributed by atoms with Gasteiger partial charge in [0, 0.05) is 44.8 Å². The number of nitrogens with zero attached hydrogens (tertiary/aromatic N) is 3. The first-order valence-corrected chi connectivity index (χ1v) is 11.5. The molecule has 10 nitrogen and oxygen atoms in total. The number of aromatic nitrogens is 2. The topological polar surface area (TPSA) is 134 Å². The zero-order chi connectivity index (χ0) is 22.6. The van der Waals surface area contributed by atoms with Gasteiger partial charge in [0.2, 0.25) is 11.8 Å². The Morgan fingerprint density at radius 3 is 2.55 bits per heavy atom. The maximum atomic E-state index is 12.9.